The van der Waals surface area contributed by atoms with Crippen molar-refractivity contribution in [2.45, 2.75) is 20.8 Å². The summed E-state index contributed by atoms with van der Waals surface area (Å²) in [6.45, 7) is 9.36. The first-order chi connectivity index (χ1) is 7.04. The Morgan fingerprint density at radius 3 is 2.67 bits per heavy atom. The van der Waals surface area contributed by atoms with Crippen LogP contribution in [-0.4, -0.2) is 22.5 Å². The Balaban J connectivity index is 2.96. The highest BCUT2D eigenvalue weighted by Crippen LogP contribution is 2.12. The number of aromatic nitrogens is 2. The predicted octanol–water partition coefficient (Wildman–Crippen LogP) is 1.67. The van der Waals surface area contributed by atoms with Gasteiger partial charge in [0.1, 0.15) is 5.82 Å². The molecule has 0 fully saturated rings. The first-order valence-electron chi connectivity index (χ1n) is 4.73. The fourth-order valence-electron chi connectivity index (χ4n) is 1.19. The number of carbonyl (C=O) groups is 1. The second kappa shape index (κ2) is 4.68. The third kappa shape index (κ3) is 2.87. The molecule has 0 unspecified atom stereocenters. The monoisotopic (exact) mass is 206 g/mol. The smallest absolute Gasteiger partial charge is 0.339 e. The standard InChI is InChI=1S/C11H14N2O2/c1-5-15-11(14)8(3)10-6-7(2)12-9(4)13-10/h6H,3,5H2,1-2,4H3. The summed E-state index contributed by atoms with van der Waals surface area (Å²) < 4.78 is 4.84. The largest absolute Gasteiger partial charge is 0.462 e. The Morgan fingerprint density at radius 2 is 2.13 bits per heavy atom. The summed E-state index contributed by atoms with van der Waals surface area (Å²) in [5.41, 5.74) is 1.60. The number of ether oxygens (including phenoxy) is 1. The molecule has 1 aromatic rings. The van der Waals surface area contributed by atoms with Crippen LogP contribution in [0.3, 0.4) is 0 Å². The SMILES string of the molecule is C=C(C(=O)OCC)c1cc(C)nc(C)n1. The number of esters is 1. The van der Waals surface area contributed by atoms with E-state index in [0.29, 0.717) is 18.1 Å². The van der Waals surface area contributed by atoms with Crippen LogP contribution in [0.4, 0.5) is 0 Å². The molecule has 0 atom stereocenters. The molecule has 0 saturated heterocycles. The van der Waals surface area contributed by atoms with Gasteiger partial charge in [-0.25, -0.2) is 14.8 Å². The zero-order valence-corrected chi connectivity index (χ0v) is 9.20. The molecule has 0 aliphatic heterocycles. The molecule has 0 saturated carbocycles. The molecular weight excluding hydrogens is 192 g/mol. The number of hydrogen-bond donors (Lipinski definition) is 0. The van der Waals surface area contributed by atoms with Crippen LogP contribution in [0.2, 0.25) is 0 Å². The van der Waals surface area contributed by atoms with Crippen molar-refractivity contribution in [2.75, 3.05) is 6.61 Å². The quantitative estimate of drug-likeness (QED) is 0.557. The van der Waals surface area contributed by atoms with Crippen LogP contribution in [0.5, 0.6) is 0 Å². The van der Waals surface area contributed by atoms with E-state index in [1.807, 2.05) is 6.92 Å². The van der Waals surface area contributed by atoms with Crippen LogP contribution in [0.25, 0.3) is 5.57 Å². The summed E-state index contributed by atoms with van der Waals surface area (Å²) in [6.07, 6.45) is 0. The Morgan fingerprint density at radius 1 is 1.47 bits per heavy atom. The van der Waals surface area contributed by atoms with Gasteiger partial charge in [0.15, 0.2) is 0 Å². The highest BCUT2D eigenvalue weighted by Gasteiger charge is 2.12. The summed E-state index contributed by atoms with van der Waals surface area (Å²) in [5.74, 6) is 0.186. The maximum Gasteiger partial charge on any atom is 0.339 e. The predicted molar refractivity (Wildman–Crippen MR) is 57.2 cm³/mol. The molecule has 80 valence electrons. The van der Waals surface area contributed by atoms with Gasteiger partial charge in [-0.05, 0) is 26.8 Å². The van der Waals surface area contributed by atoms with Gasteiger partial charge in [0.05, 0.1) is 17.9 Å². The first kappa shape index (κ1) is 11.4. The molecule has 4 heteroatoms. The molecule has 0 N–H and O–H groups in total. The molecule has 0 bridgehead atoms. The number of aryl methyl sites for hydroxylation is 2. The van der Waals surface area contributed by atoms with Crippen molar-refractivity contribution in [2.24, 2.45) is 0 Å². The van der Waals surface area contributed by atoms with Crippen molar-refractivity contribution in [3.8, 4) is 0 Å². The molecular formula is C11H14N2O2. The second-order valence-corrected chi connectivity index (χ2v) is 3.14. The van der Waals surface area contributed by atoms with Gasteiger partial charge in [0.2, 0.25) is 0 Å². The molecule has 0 radical (unpaired) electrons. The van der Waals surface area contributed by atoms with E-state index in [9.17, 15) is 4.79 Å². The third-order valence-corrected chi connectivity index (χ3v) is 1.80. The summed E-state index contributed by atoms with van der Waals surface area (Å²) >= 11 is 0. The zero-order valence-electron chi connectivity index (χ0n) is 9.20. The minimum atomic E-state index is -0.435. The number of carbonyl (C=O) groups excluding carboxylic acids is 1. The maximum absolute atomic E-state index is 11.4. The highest BCUT2D eigenvalue weighted by atomic mass is 16.5. The lowest BCUT2D eigenvalue weighted by atomic mass is 10.2. The lowest BCUT2D eigenvalue weighted by molar-refractivity contribution is -0.136. The molecule has 1 rings (SSSR count). The highest BCUT2D eigenvalue weighted by molar-refractivity contribution is 6.14. The maximum atomic E-state index is 11.4. The fraction of sp³-hybridized carbons (Fsp3) is 0.364. The van der Waals surface area contributed by atoms with Gasteiger partial charge >= 0.3 is 5.97 Å². The molecule has 0 amide bonds. The van der Waals surface area contributed by atoms with E-state index in [1.54, 1.807) is 19.9 Å². The van der Waals surface area contributed by atoms with Gasteiger partial charge in [-0.1, -0.05) is 6.58 Å². The van der Waals surface area contributed by atoms with E-state index >= 15 is 0 Å². The summed E-state index contributed by atoms with van der Waals surface area (Å²) in [4.78, 5) is 19.6. The molecule has 15 heavy (non-hydrogen) atoms. The lowest BCUT2D eigenvalue weighted by Crippen LogP contribution is -2.08. The van der Waals surface area contributed by atoms with Gasteiger partial charge in [-0.3, -0.25) is 0 Å². The lowest BCUT2D eigenvalue weighted by Gasteiger charge is -2.05. The van der Waals surface area contributed by atoms with Gasteiger partial charge in [-0.2, -0.15) is 0 Å². The summed E-state index contributed by atoms with van der Waals surface area (Å²) in [6, 6.07) is 1.71. The van der Waals surface area contributed by atoms with Gasteiger partial charge < -0.3 is 4.74 Å². The zero-order chi connectivity index (χ0) is 11.4. The minimum Gasteiger partial charge on any atom is -0.462 e. The third-order valence-electron chi connectivity index (χ3n) is 1.80. The average molecular weight is 206 g/mol. The summed E-state index contributed by atoms with van der Waals surface area (Å²) in [7, 11) is 0. The Bertz CT molecular complexity index is 379. The number of rotatable bonds is 3. The van der Waals surface area contributed by atoms with E-state index < -0.39 is 5.97 Å². The van der Waals surface area contributed by atoms with Crippen LogP contribution < -0.4 is 0 Å². The van der Waals surface area contributed by atoms with Gasteiger partial charge in [-0.15, -0.1) is 0 Å². The number of hydrogen-bond acceptors (Lipinski definition) is 4. The molecule has 4 nitrogen and oxygen atoms in total. The van der Waals surface area contributed by atoms with Crippen molar-refractivity contribution in [1.82, 2.24) is 9.97 Å². The number of nitrogens with zero attached hydrogens (tertiary/aromatic N) is 2. The van der Waals surface area contributed by atoms with E-state index in [0.717, 1.165) is 5.69 Å². The Hall–Kier alpha value is -1.71. The van der Waals surface area contributed by atoms with Crippen molar-refractivity contribution in [3.63, 3.8) is 0 Å². The van der Waals surface area contributed by atoms with Crippen LogP contribution >= 0.6 is 0 Å². The van der Waals surface area contributed by atoms with Crippen molar-refractivity contribution in [1.29, 1.82) is 0 Å². The first-order valence-corrected chi connectivity index (χ1v) is 4.73. The van der Waals surface area contributed by atoms with Crippen molar-refractivity contribution in [3.05, 3.63) is 29.9 Å². The Kier molecular flexibility index (Phi) is 3.55. The van der Waals surface area contributed by atoms with E-state index in [4.69, 9.17) is 4.74 Å². The van der Waals surface area contributed by atoms with E-state index in [2.05, 4.69) is 16.5 Å². The normalized spacial score (nSPS) is 9.80. The van der Waals surface area contributed by atoms with Crippen LogP contribution in [0.15, 0.2) is 12.6 Å². The molecule has 0 aromatic carbocycles. The molecule has 0 spiro atoms. The topological polar surface area (TPSA) is 52.1 Å². The second-order valence-electron chi connectivity index (χ2n) is 3.14. The van der Waals surface area contributed by atoms with Crippen LogP contribution in [0, 0.1) is 13.8 Å². The average Bonchev–Trinajstić information content (AvgIpc) is 2.15. The van der Waals surface area contributed by atoms with E-state index in [-0.39, 0.29) is 5.57 Å². The molecule has 1 aromatic heterocycles. The minimum absolute atomic E-state index is 0.269. The van der Waals surface area contributed by atoms with Crippen molar-refractivity contribution >= 4 is 11.5 Å². The van der Waals surface area contributed by atoms with Gasteiger partial charge in [0.25, 0.3) is 0 Å². The fourth-order valence-corrected chi connectivity index (χ4v) is 1.19. The molecule has 0 aliphatic rings. The van der Waals surface area contributed by atoms with Crippen LogP contribution in [0.1, 0.15) is 24.1 Å². The molecule has 1 heterocycles. The van der Waals surface area contributed by atoms with E-state index in [1.165, 1.54) is 0 Å². The van der Waals surface area contributed by atoms with Crippen molar-refractivity contribution < 1.29 is 9.53 Å². The Labute approximate surface area is 89.0 Å². The summed E-state index contributed by atoms with van der Waals surface area (Å²) in [5, 5.41) is 0. The van der Waals surface area contributed by atoms with Crippen LogP contribution in [-0.2, 0) is 9.53 Å². The van der Waals surface area contributed by atoms with Gasteiger partial charge in [0, 0.05) is 5.69 Å². The molecule has 0 aliphatic carbocycles.